The fourth-order valence-electron chi connectivity index (χ4n) is 5.15. The van der Waals surface area contributed by atoms with Crippen LogP contribution in [0.3, 0.4) is 0 Å². The number of aromatic amines is 1. The molecule has 1 N–H and O–H groups in total. The second kappa shape index (κ2) is 10.2. The summed E-state index contributed by atoms with van der Waals surface area (Å²) in [6.07, 6.45) is 2.05. The molecular weight excluding hydrogens is 452 g/mol. The number of aryl methyl sites for hydroxylation is 1. The molecule has 8 heteroatoms. The lowest BCUT2D eigenvalue weighted by Gasteiger charge is -2.35. The van der Waals surface area contributed by atoms with Crippen molar-refractivity contribution >= 4 is 22.7 Å². The van der Waals surface area contributed by atoms with E-state index in [1.54, 1.807) is 18.2 Å². The van der Waals surface area contributed by atoms with Crippen molar-refractivity contribution in [2.24, 2.45) is 5.92 Å². The summed E-state index contributed by atoms with van der Waals surface area (Å²) >= 11 is 0. The molecule has 5 rings (SSSR count). The van der Waals surface area contributed by atoms with E-state index in [-0.39, 0.29) is 35.8 Å². The average molecular weight is 482 g/mol. The lowest BCUT2D eigenvalue weighted by atomic mass is 9.94. The zero-order valence-corrected chi connectivity index (χ0v) is 19.6. The molecule has 1 aromatic heterocycles. The molecule has 2 aliphatic heterocycles. The normalized spacial score (nSPS) is 17.2. The van der Waals surface area contributed by atoms with Gasteiger partial charge in [0.1, 0.15) is 11.6 Å². The predicted molar refractivity (Wildman–Crippen MR) is 129 cm³/mol. The Morgan fingerprint density at radius 3 is 2.31 bits per heavy atom. The average Bonchev–Trinajstić information content (AvgIpc) is 3.25. The topological polar surface area (TPSA) is 65.6 Å². The molecule has 0 aliphatic carbocycles. The molecule has 35 heavy (non-hydrogen) atoms. The Hall–Kier alpha value is -3.26. The van der Waals surface area contributed by atoms with Crippen LogP contribution in [0.4, 0.5) is 8.78 Å². The van der Waals surface area contributed by atoms with Crippen molar-refractivity contribution in [3.8, 4) is 11.3 Å². The second-order valence-corrected chi connectivity index (χ2v) is 9.27. The minimum Gasteiger partial charge on any atom is -0.378 e. The number of hydrogen-bond acceptors (Lipinski definition) is 3. The van der Waals surface area contributed by atoms with Gasteiger partial charge in [0.2, 0.25) is 11.8 Å². The van der Waals surface area contributed by atoms with Gasteiger partial charge in [-0.25, -0.2) is 8.78 Å². The first-order valence-electron chi connectivity index (χ1n) is 12.2. The molecule has 184 valence electrons. The third-order valence-electron chi connectivity index (χ3n) is 7.11. The van der Waals surface area contributed by atoms with E-state index in [0.29, 0.717) is 58.7 Å². The minimum atomic E-state index is -0.346. The maximum atomic E-state index is 14.0. The number of nitrogens with one attached hydrogen (secondary N) is 1. The second-order valence-electron chi connectivity index (χ2n) is 9.27. The van der Waals surface area contributed by atoms with Crippen molar-refractivity contribution in [1.82, 2.24) is 14.8 Å². The number of carbonyl (C=O) groups excluding carboxylic acids is 2. The van der Waals surface area contributed by atoms with Crippen molar-refractivity contribution in [3.63, 3.8) is 0 Å². The number of benzene rings is 2. The molecule has 2 aliphatic rings. The Bertz CT molecular complexity index is 1210. The van der Waals surface area contributed by atoms with Crippen molar-refractivity contribution in [2.45, 2.75) is 25.7 Å². The standard InChI is InChI=1S/C27H29F2N3O3/c28-20-3-1-18(2-4-20)26-22(23-17-21(29)5-7-24(23)30-26)6-8-25(33)31-11-9-19(10-12-31)27(34)32-13-15-35-16-14-32/h1-5,7,17,19,30H,6,8-16H2. The van der Waals surface area contributed by atoms with Crippen LogP contribution < -0.4 is 0 Å². The monoisotopic (exact) mass is 481 g/mol. The summed E-state index contributed by atoms with van der Waals surface area (Å²) in [6.45, 7) is 3.57. The highest BCUT2D eigenvalue weighted by Crippen LogP contribution is 2.32. The number of morpholine rings is 1. The van der Waals surface area contributed by atoms with E-state index in [2.05, 4.69) is 4.98 Å². The van der Waals surface area contributed by atoms with Crippen LogP contribution in [0.5, 0.6) is 0 Å². The zero-order valence-electron chi connectivity index (χ0n) is 19.6. The lowest BCUT2D eigenvalue weighted by Crippen LogP contribution is -2.47. The van der Waals surface area contributed by atoms with Gasteiger partial charge in [0.05, 0.1) is 13.2 Å². The summed E-state index contributed by atoms with van der Waals surface area (Å²) in [5, 5.41) is 0.729. The van der Waals surface area contributed by atoms with Crippen LogP contribution in [0.15, 0.2) is 42.5 Å². The van der Waals surface area contributed by atoms with Gasteiger partial charge in [-0.15, -0.1) is 0 Å². The van der Waals surface area contributed by atoms with E-state index < -0.39 is 0 Å². The number of halogens is 2. The van der Waals surface area contributed by atoms with Crippen molar-refractivity contribution in [3.05, 3.63) is 59.7 Å². The van der Waals surface area contributed by atoms with Gasteiger partial charge in [0, 0.05) is 55.1 Å². The number of rotatable bonds is 5. The molecule has 3 heterocycles. The highest BCUT2D eigenvalue weighted by molar-refractivity contribution is 5.91. The first kappa shape index (κ1) is 23.5. The molecular formula is C27H29F2N3O3. The van der Waals surface area contributed by atoms with Crippen molar-refractivity contribution in [2.75, 3.05) is 39.4 Å². The van der Waals surface area contributed by atoms with Crippen LogP contribution in [-0.2, 0) is 20.7 Å². The fourth-order valence-corrected chi connectivity index (χ4v) is 5.15. The third kappa shape index (κ3) is 5.07. The molecule has 2 amide bonds. The maximum Gasteiger partial charge on any atom is 0.225 e. The number of H-pyrrole nitrogens is 1. The predicted octanol–water partition coefficient (Wildman–Crippen LogP) is 4.14. The Morgan fingerprint density at radius 1 is 0.914 bits per heavy atom. The van der Waals surface area contributed by atoms with Crippen molar-refractivity contribution in [1.29, 1.82) is 0 Å². The smallest absolute Gasteiger partial charge is 0.225 e. The lowest BCUT2D eigenvalue weighted by molar-refractivity contribution is -0.143. The number of ether oxygens (including phenoxy) is 1. The van der Waals surface area contributed by atoms with E-state index >= 15 is 0 Å². The Labute approximate surface area is 202 Å². The van der Waals surface area contributed by atoms with Gasteiger partial charge in [0.15, 0.2) is 0 Å². The molecule has 0 bridgehead atoms. The van der Waals surface area contributed by atoms with Crippen LogP contribution in [0.1, 0.15) is 24.8 Å². The Morgan fingerprint density at radius 2 is 1.60 bits per heavy atom. The number of aromatic nitrogens is 1. The van der Waals surface area contributed by atoms with Crippen LogP contribution in [0.2, 0.25) is 0 Å². The fraction of sp³-hybridized carbons (Fsp3) is 0.407. The SMILES string of the molecule is O=C(CCc1c(-c2ccc(F)cc2)[nH]c2ccc(F)cc12)N1CCC(C(=O)N2CCOCC2)CC1. The number of carbonyl (C=O) groups is 2. The molecule has 6 nitrogen and oxygen atoms in total. The number of likely N-dealkylation sites (tertiary alicyclic amines) is 1. The Balaban J connectivity index is 1.26. The highest BCUT2D eigenvalue weighted by atomic mass is 19.1. The van der Waals surface area contributed by atoms with Gasteiger partial charge in [-0.3, -0.25) is 9.59 Å². The van der Waals surface area contributed by atoms with E-state index in [9.17, 15) is 18.4 Å². The van der Waals surface area contributed by atoms with E-state index in [0.717, 1.165) is 27.7 Å². The molecule has 2 aromatic carbocycles. The summed E-state index contributed by atoms with van der Waals surface area (Å²) in [6, 6.07) is 10.7. The van der Waals surface area contributed by atoms with Crippen LogP contribution in [-0.4, -0.2) is 66.0 Å². The molecule has 0 atom stereocenters. The van der Waals surface area contributed by atoms with Gasteiger partial charge in [0.25, 0.3) is 0 Å². The summed E-state index contributed by atoms with van der Waals surface area (Å²) in [5.41, 5.74) is 3.17. The van der Waals surface area contributed by atoms with Crippen LogP contribution >= 0.6 is 0 Å². The van der Waals surface area contributed by atoms with Gasteiger partial charge in [-0.1, -0.05) is 0 Å². The highest BCUT2D eigenvalue weighted by Gasteiger charge is 2.31. The molecule has 0 radical (unpaired) electrons. The molecule has 0 unspecified atom stereocenters. The first-order chi connectivity index (χ1) is 17.0. The molecule has 0 saturated carbocycles. The number of fused-ring (bicyclic) bond motifs is 1. The van der Waals surface area contributed by atoms with E-state index in [1.807, 2.05) is 9.80 Å². The summed E-state index contributed by atoms with van der Waals surface area (Å²) in [7, 11) is 0. The Kier molecular flexibility index (Phi) is 6.81. The number of piperidine rings is 1. The minimum absolute atomic E-state index is 0.0260. The quantitative estimate of drug-likeness (QED) is 0.596. The van der Waals surface area contributed by atoms with Gasteiger partial charge >= 0.3 is 0 Å². The maximum absolute atomic E-state index is 14.0. The summed E-state index contributed by atoms with van der Waals surface area (Å²) < 4.78 is 32.8. The largest absolute Gasteiger partial charge is 0.378 e. The van der Waals surface area contributed by atoms with E-state index in [1.165, 1.54) is 24.3 Å². The third-order valence-corrected chi connectivity index (χ3v) is 7.11. The van der Waals surface area contributed by atoms with Gasteiger partial charge in [-0.05, 0) is 72.9 Å². The van der Waals surface area contributed by atoms with Crippen LogP contribution in [0, 0.1) is 17.6 Å². The number of nitrogens with zero attached hydrogens (tertiary/aromatic N) is 2. The number of amides is 2. The summed E-state index contributed by atoms with van der Waals surface area (Å²) in [4.78, 5) is 32.8. The van der Waals surface area contributed by atoms with Crippen LogP contribution in [0.25, 0.3) is 22.2 Å². The first-order valence-corrected chi connectivity index (χ1v) is 12.2. The molecule has 3 aromatic rings. The van der Waals surface area contributed by atoms with Crippen molar-refractivity contribution < 1.29 is 23.1 Å². The molecule has 0 spiro atoms. The summed E-state index contributed by atoms with van der Waals surface area (Å²) in [5.74, 6) is -0.521. The molecule has 2 saturated heterocycles. The number of hydrogen-bond donors (Lipinski definition) is 1. The van der Waals surface area contributed by atoms with Gasteiger partial charge in [-0.2, -0.15) is 0 Å². The zero-order chi connectivity index (χ0) is 24.4. The van der Waals surface area contributed by atoms with E-state index in [4.69, 9.17) is 4.74 Å². The molecule has 2 fully saturated rings. The van der Waals surface area contributed by atoms with Gasteiger partial charge < -0.3 is 19.5 Å².